The quantitative estimate of drug-likeness (QED) is 0.616. The first-order valence-electron chi connectivity index (χ1n) is 8.07. The summed E-state index contributed by atoms with van der Waals surface area (Å²) in [6.45, 7) is 5.39. The van der Waals surface area contributed by atoms with Gasteiger partial charge in [-0.05, 0) is 39.3 Å². The zero-order valence-corrected chi connectivity index (χ0v) is 14.9. The van der Waals surface area contributed by atoms with Crippen LogP contribution in [-0.4, -0.2) is 47.9 Å². The molecule has 7 heteroatoms. The normalized spacial score (nSPS) is 20.1. The van der Waals surface area contributed by atoms with Crippen LogP contribution in [0, 0.1) is 0 Å². The lowest BCUT2D eigenvalue weighted by atomic mass is 10.1. The predicted octanol–water partition coefficient (Wildman–Crippen LogP) is 2.74. The first kappa shape index (κ1) is 18.8. The Morgan fingerprint density at radius 3 is 2.32 bits per heavy atom. The van der Waals surface area contributed by atoms with Gasteiger partial charge in [-0.25, -0.2) is 14.4 Å². The van der Waals surface area contributed by atoms with Crippen LogP contribution in [0.25, 0.3) is 0 Å². The summed E-state index contributed by atoms with van der Waals surface area (Å²) in [5, 5.41) is 0. The number of ether oxygens (including phenoxy) is 3. The van der Waals surface area contributed by atoms with Gasteiger partial charge in [0.15, 0.2) is 0 Å². The average Bonchev–Trinajstić information content (AvgIpc) is 2.98. The fraction of sp³-hybridized carbons (Fsp3) is 0.500. The number of rotatable bonds is 3. The minimum atomic E-state index is -1.82. The molecule has 1 aromatic carbocycles. The predicted molar refractivity (Wildman–Crippen MR) is 88.8 cm³/mol. The third-order valence-corrected chi connectivity index (χ3v) is 3.72. The number of carbonyl (C=O) groups is 3. The number of carbonyl (C=O) groups excluding carboxylic acids is 3. The average molecular weight is 349 g/mol. The minimum Gasteiger partial charge on any atom is -0.465 e. The van der Waals surface area contributed by atoms with Crippen LogP contribution in [-0.2, 0) is 19.0 Å². The van der Waals surface area contributed by atoms with Gasteiger partial charge in [0.1, 0.15) is 5.60 Å². The Hall–Kier alpha value is -2.57. The van der Waals surface area contributed by atoms with Gasteiger partial charge in [0.25, 0.3) is 5.72 Å². The monoisotopic (exact) mass is 349 g/mol. The third-order valence-electron chi connectivity index (χ3n) is 3.72. The van der Waals surface area contributed by atoms with Gasteiger partial charge in [-0.15, -0.1) is 0 Å². The molecule has 7 nitrogen and oxygen atoms in total. The standard InChI is InChI=1S/C18H23NO6/c1-17(2,3)25-16(22)19-12-8-11-18(19,15(21)23-4)24-14(20)13-9-6-5-7-10-13/h5-7,9-10H,8,11-12H2,1-4H3. The smallest absolute Gasteiger partial charge is 0.413 e. The van der Waals surface area contributed by atoms with E-state index in [1.54, 1.807) is 51.1 Å². The van der Waals surface area contributed by atoms with Crippen LogP contribution in [0.5, 0.6) is 0 Å². The molecule has 0 spiro atoms. The van der Waals surface area contributed by atoms with Crippen molar-refractivity contribution in [3.05, 3.63) is 35.9 Å². The molecular weight excluding hydrogens is 326 g/mol. The molecule has 1 saturated heterocycles. The lowest BCUT2D eigenvalue weighted by Crippen LogP contribution is -2.57. The summed E-state index contributed by atoms with van der Waals surface area (Å²) in [7, 11) is 1.19. The van der Waals surface area contributed by atoms with Crippen molar-refractivity contribution in [3.63, 3.8) is 0 Å². The topological polar surface area (TPSA) is 82.1 Å². The second-order valence-electron chi connectivity index (χ2n) is 6.77. The van der Waals surface area contributed by atoms with E-state index in [2.05, 4.69) is 0 Å². The molecule has 1 amide bonds. The lowest BCUT2D eigenvalue weighted by molar-refractivity contribution is -0.179. The highest BCUT2D eigenvalue weighted by molar-refractivity contribution is 5.94. The van der Waals surface area contributed by atoms with E-state index in [4.69, 9.17) is 14.2 Å². The van der Waals surface area contributed by atoms with Crippen molar-refractivity contribution < 1.29 is 28.6 Å². The summed E-state index contributed by atoms with van der Waals surface area (Å²) in [5.41, 5.74) is -2.28. The van der Waals surface area contributed by atoms with Gasteiger partial charge in [-0.3, -0.25) is 4.90 Å². The number of nitrogens with zero attached hydrogens (tertiary/aromatic N) is 1. The van der Waals surface area contributed by atoms with E-state index >= 15 is 0 Å². The Morgan fingerprint density at radius 2 is 1.76 bits per heavy atom. The molecule has 0 N–H and O–H groups in total. The van der Waals surface area contributed by atoms with Gasteiger partial charge in [-0.1, -0.05) is 18.2 Å². The number of esters is 2. The summed E-state index contributed by atoms with van der Waals surface area (Å²) in [6, 6.07) is 8.26. The van der Waals surface area contributed by atoms with Gasteiger partial charge in [0, 0.05) is 13.0 Å². The SMILES string of the molecule is COC(=O)C1(OC(=O)c2ccccc2)CCCN1C(=O)OC(C)(C)C. The fourth-order valence-electron chi connectivity index (χ4n) is 2.65. The molecule has 136 valence electrons. The van der Waals surface area contributed by atoms with Gasteiger partial charge in [0.05, 0.1) is 12.7 Å². The van der Waals surface area contributed by atoms with E-state index in [-0.39, 0.29) is 18.5 Å². The van der Waals surface area contributed by atoms with E-state index in [1.807, 2.05) is 0 Å². The highest BCUT2D eigenvalue weighted by Gasteiger charge is 2.56. The molecule has 0 aromatic heterocycles. The molecule has 1 fully saturated rings. The number of benzene rings is 1. The number of hydrogen-bond acceptors (Lipinski definition) is 6. The second kappa shape index (κ2) is 7.13. The molecule has 1 heterocycles. The van der Waals surface area contributed by atoms with Crippen LogP contribution in [0.3, 0.4) is 0 Å². The van der Waals surface area contributed by atoms with Crippen LogP contribution in [0.15, 0.2) is 30.3 Å². The number of methoxy groups -OCH3 is 1. The lowest BCUT2D eigenvalue weighted by Gasteiger charge is -2.35. The molecule has 0 saturated carbocycles. The van der Waals surface area contributed by atoms with Crippen molar-refractivity contribution in [2.45, 2.75) is 44.9 Å². The minimum absolute atomic E-state index is 0.150. The van der Waals surface area contributed by atoms with Crippen molar-refractivity contribution in [2.75, 3.05) is 13.7 Å². The van der Waals surface area contributed by atoms with Gasteiger partial charge < -0.3 is 14.2 Å². The Morgan fingerprint density at radius 1 is 1.12 bits per heavy atom. The highest BCUT2D eigenvalue weighted by atomic mass is 16.6. The molecule has 1 aromatic rings. The van der Waals surface area contributed by atoms with E-state index in [1.165, 1.54) is 7.11 Å². The molecule has 2 rings (SSSR count). The largest absolute Gasteiger partial charge is 0.465 e. The molecule has 1 aliphatic rings. The summed E-state index contributed by atoms with van der Waals surface area (Å²) >= 11 is 0. The Balaban J connectivity index is 2.31. The maximum atomic E-state index is 12.5. The van der Waals surface area contributed by atoms with E-state index in [9.17, 15) is 14.4 Å². The second-order valence-corrected chi connectivity index (χ2v) is 6.77. The van der Waals surface area contributed by atoms with Crippen molar-refractivity contribution in [1.82, 2.24) is 4.90 Å². The maximum Gasteiger partial charge on any atom is 0.413 e. The molecule has 0 aliphatic carbocycles. The van der Waals surface area contributed by atoms with Crippen molar-refractivity contribution in [3.8, 4) is 0 Å². The molecule has 1 atom stereocenters. The maximum absolute atomic E-state index is 12.5. The number of likely N-dealkylation sites (tertiary alicyclic amines) is 1. The van der Waals surface area contributed by atoms with Gasteiger partial charge in [-0.2, -0.15) is 0 Å². The summed E-state index contributed by atoms with van der Waals surface area (Å²) in [5.74, 6) is -1.51. The van der Waals surface area contributed by atoms with Crippen molar-refractivity contribution >= 4 is 18.0 Å². The van der Waals surface area contributed by atoms with E-state index in [0.29, 0.717) is 6.42 Å². The van der Waals surface area contributed by atoms with Crippen LogP contribution >= 0.6 is 0 Å². The first-order valence-corrected chi connectivity index (χ1v) is 8.07. The Kier molecular flexibility index (Phi) is 5.35. The van der Waals surface area contributed by atoms with Gasteiger partial charge in [0.2, 0.25) is 0 Å². The van der Waals surface area contributed by atoms with Crippen molar-refractivity contribution in [2.24, 2.45) is 0 Å². The molecule has 0 bridgehead atoms. The Labute approximate surface area is 146 Å². The van der Waals surface area contributed by atoms with Crippen LogP contribution in [0.1, 0.15) is 44.0 Å². The van der Waals surface area contributed by atoms with Crippen molar-refractivity contribution in [1.29, 1.82) is 0 Å². The van der Waals surface area contributed by atoms with Crippen LogP contribution in [0.2, 0.25) is 0 Å². The first-order chi connectivity index (χ1) is 11.7. The molecule has 1 aliphatic heterocycles. The number of amides is 1. The zero-order valence-electron chi connectivity index (χ0n) is 14.9. The van der Waals surface area contributed by atoms with Crippen LogP contribution < -0.4 is 0 Å². The van der Waals surface area contributed by atoms with E-state index in [0.717, 1.165) is 4.90 Å². The Bertz CT molecular complexity index is 651. The third kappa shape index (κ3) is 4.10. The molecular formula is C18H23NO6. The van der Waals surface area contributed by atoms with E-state index < -0.39 is 29.4 Å². The fourth-order valence-corrected chi connectivity index (χ4v) is 2.65. The van der Waals surface area contributed by atoms with Gasteiger partial charge >= 0.3 is 18.0 Å². The summed E-state index contributed by atoms with van der Waals surface area (Å²) in [4.78, 5) is 38.6. The zero-order chi connectivity index (χ0) is 18.7. The summed E-state index contributed by atoms with van der Waals surface area (Å²) < 4.78 is 15.7. The summed E-state index contributed by atoms with van der Waals surface area (Å²) in [6.07, 6.45) is -0.0928. The highest BCUT2D eigenvalue weighted by Crippen LogP contribution is 2.34. The number of hydrogen-bond donors (Lipinski definition) is 0. The molecule has 1 unspecified atom stereocenters. The van der Waals surface area contributed by atoms with Crippen LogP contribution in [0.4, 0.5) is 4.79 Å². The molecule has 25 heavy (non-hydrogen) atoms. The molecule has 0 radical (unpaired) electrons.